The molecule has 0 saturated carbocycles. The fraction of sp³-hybridized carbons (Fsp3) is 0.167. The molecule has 0 aliphatic heterocycles. The van der Waals surface area contributed by atoms with E-state index in [2.05, 4.69) is 20.3 Å². The first-order valence-electron chi connectivity index (χ1n) is 8.00. The van der Waals surface area contributed by atoms with Gasteiger partial charge >= 0.3 is 0 Å². The smallest absolute Gasteiger partial charge is 0.208 e. The number of ether oxygens (including phenoxy) is 1. The zero-order chi connectivity index (χ0) is 17.8. The minimum Gasteiger partial charge on any atom is -0.485 e. The summed E-state index contributed by atoms with van der Waals surface area (Å²) in [5.41, 5.74) is 1.88. The Bertz CT molecular complexity index is 978. The number of nitrogens with one attached hydrogen (secondary N) is 1. The zero-order valence-corrected chi connectivity index (χ0v) is 14.8. The molecule has 0 saturated heterocycles. The van der Waals surface area contributed by atoms with Gasteiger partial charge in [-0.1, -0.05) is 35.1 Å². The van der Waals surface area contributed by atoms with E-state index in [4.69, 9.17) is 13.7 Å². The van der Waals surface area contributed by atoms with Gasteiger partial charge in [0.05, 0.1) is 12.0 Å². The Balaban J connectivity index is 1.32. The summed E-state index contributed by atoms with van der Waals surface area (Å²) in [6, 6.07) is 13.3. The summed E-state index contributed by atoms with van der Waals surface area (Å²) in [4.78, 5) is 4.42. The minimum absolute atomic E-state index is 0.338. The molecule has 0 amide bonds. The quantitative estimate of drug-likeness (QED) is 0.488. The number of H-pyrrole nitrogens is 1. The molecule has 0 unspecified atom stereocenters. The van der Waals surface area contributed by atoms with Crippen molar-refractivity contribution >= 4 is 11.8 Å². The van der Waals surface area contributed by atoms with Gasteiger partial charge in [-0.25, -0.2) is 4.98 Å². The fourth-order valence-electron chi connectivity index (χ4n) is 2.32. The van der Waals surface area contributed by atoms with Crippen LogP contribution < -0.4 is 4.74 Å². The van der Waals surface area contributed by atoms with Gasteiger partial charge in [-0.2, -0.15) is 0 Å². The average Bonchev–Trinajstić information content (AvgIpc) is 3.40. The van der Waals surface area contributed by atoms with Crippen LogP contribution in [-0.2, 0) is 12.4 Å². The molecular weight excluding hydrogens is 352 g/mol. The van der Waals surface area contributed by atoms with Gasteiger partial charge in [-0.3, -0.25) is 5.10 Å². The molecule has 0 spiro atoms. The molecule has 1 N–H and O–H groups in total. The molecule has 0 aliphatic carbocycles. The topological polar surface area (TPSA) is 90.0 Å². The lowest BCUT2D eigenvalue weighted by atomic mass is 10.2. The maximum atomic E-state index is 5.76. The maximum Gasteiger partial charge on any atom is 0.208 e. The molecule has 0 atom stereocenters. The van der Waals surface area contributed by atoms with E-state index >= 15 is 0 Å². The molecule has 0 fully saturated rings. The van der Waals surface area contributed by atoms with Crippen LogP contribution in [0.5, 0.6) is 5.75 Å². The first-order chi connectivity index (χ1) is 12.8. The van der Waals surface area contributed by atoms with Gasteiger partial charge < -0.3 is 13.7 Å². The molecule has 26 heavy (non-hydrogen) atoms. The normalized spacial score (nSPS) is 11.0. The Labute approximate surface area is 153 Å². The molecule has 132 valence electrons. The van der Waals surface area contributed by atoms with Crippen molar-refractivity contribution in [3.8, 4) is 17.3 Å². The number of aromatic amines is 1. The van der Waals surface area contributed by atoms with E-state index in [1.807, 2.05) is 43.3 Å². The van der Waals surface area contributed by atoms with Crippen LogP contribution in [0.3, 0.4) is 0 Å². The number of rotatable bonds is 7. The third-order valence-corrected chi connectivity index (χ3v) is 4.52. The predicted molar refractivity (Wildman–Crippen MR) is 95.7 cm³/mol. The molecule has 1 aromatic carbocycles. The highest BCUT2D eigenvalue weighted by molar-refractivity contribution is 7.98. The van der Waals surface area contributed by atoms with Crippen LogP contribution in [0.2, 0.25) is 0 Å². The van der Waals surface area contributed by atoms with Crippen molar-refractivity contribution in [1.82, 2.24) is 20.3 Å². The molecule has 0 radical (unpaired) electrons. The van der Waals surface area contributed by atoms with Gasteiger partial charge in [-0.05, 0) is 30.7 Å². The molecule has 0 aliphatic rings. The summed E-state index contributed by atoms with van der Waals surface area (Å²) >= 11 is 1.47. The lowest BCUT2D eigenvalue weighted by Crippen LogP contribution is -1.98. The van der Waals surface area contributed by atoms with Gasteiger partial charge in [0, 0.05) is 11.8 Å². The van der Waals surface area contributed by atoms with E-state index in [0.29, 0.717) is 34.9 Å². The first-order valence-corrected chi connectivity index (χ1v) is 8.98. The van der Waals surface area contributed by atoms with Crippen LogP contribution in [0.4, 0.5) is 0 Å². The number of aromatic nitrogens is 4. The van der Waals surface area contributed by atoms with E-state index in [1.165, 1.54) is 11.8 Å². The van der Waals surface area contributed by atoms with Gasteiger partial charge in [0.2, 0.25) is 10.9 Å². The van der Waals surface area contributed by atoms with Crippen LogP contribution in [-0.4, -0.2) is 20.3 Å². The number of hydrogen-bond donors (Lipinski definition) is 1. The number of furan rings is 1. The lowest BCUT2D eigenvalue weighted by Gasteiger charge is -2.06. The maximum absolute atomic E-state index is 5.76. The summed E-state index contributed by atoms with van der Waals surface area (Å²) in [6.07, 6.45) is 1.60. The van der Waals surface area contributed by atoms with Crippen molar-refractivity contribution in [2.24, 2.45) is 0 Å². The Hall–Kier alpha value is -3.00. The van der Waals surface area contributed by atoms with Crippen LogP contribution in [0, 0.1) is 6.92 Å². The SMILES string of the molecule is Cc1ccccc1OCc1nc(SCc2cc(-c3ccco3)on2)n[nH]1. The second-order valence-electron chi connectivity index (χ2n) is 5.57. The minimum atomic E-state index is 0.338. The van der Waals surface area contributed by atoms with Crippen molar-refractivity contribution in [3.63, 3.8) is 0 Å². The van der Waals surface area contributed by atoms with E-state index in [-0.39, 0.29) is 0 Å². The first kappa shape index (κ1) is 16.5. The zero-order valence-electron chi connectivity index (χ0n) is 14.0. The molecule has 3 heterocycles. The summed E-state index contributed by atoms with van der Waals surface area (Å²) < 4.78 is 16.3. The number of para-hydroxylation sites is 1. The van der Waals surface area contributed by atoms with Crippen LogP contribution in [0.25, 0.3) is 11.5 Å². The van der Waals surface area contributed by atoms with Gasteiger partial charge in [0.25, 0.3) is 0 Å². The molecule has 7 nitrogen and oxygen atoms in total. The Morgan fingerprint density at radius 3 is 2.92 bits per heavy atom. The summed E-state index contributed by atoms with van der Waals surface area (Å²) in [5.74, 6) is 3.37. The predicted octanol–water partition coefficient (Wildman–Crippen LogP) is 4.23. The molecule has 0 bridgehead atoms. The third kappa shape index (κ3) is 3.80. The molecule has 4 aromatic rings. The monoisotopic (exact) mass is 368 g/mol. The number of nitrogens with zero attached hydrogens (tertiary/aromatic N) is 3. The van der Waals surface area contributed by atoms with Crippen LogP contribution >= 0.6 is 11.8 Å². The molecule has 8 heteroatoms. The molecule has 3 aromatic heterocycles. The van der Waals surface area contributed by atoms with Gasteiger partial charge in [-0.15, -0.1) is 5.10 Å². The van der Waals surface area contributed by atoms with E-state index in [0.717, 1.165) is 17.0 Å². The average molecular weight is 368 g/mol. The summed E-state index contributed by atoms with van der Waals surface area (Å²) in [6.45, 7) is 2.34. The highest BCUT2D eigenvalue weighted by atomic mass is 32.2. The number of benzene rings is 1. The van der Waals surface area contributed by atoms with Crippen molar-refractivity contribution < 1.29 is 13.7 Å². The molecule has 4 rings (SSSR count). The lowest BCUT2D eigenvalue weighted by molar-refractivity contribution is 0.294. The number of hydrogen-bond acceptors (Lipinski definition) is 7. The van der Waals surface area contributed by atoms with Crippen molar-refractivity contribution in [1.29, 1.82) is 0 Å². The standard InChI is InChI=1S/C18H16N4O3S/c1-12-5-2-3-6-14(12)24-10-17-19-18(21-20-17)26-11-13-9-16(25-22-13)15-7-4-8-23-15/h2-9H,10-11H2,1H3,(H,19,20,21). The Morgan fingerprint density at radius 2 is 2.08 bits per heavy atom. The molecular formula is C18H16N4O3S. The van der Waals surface area contributed by atoms with Crippen molar-refractivity contribution in [3.05, 3.63) is 65.8 Å². The highest BCUT2D eigenvalue weighted by Gasteiger charge is 2.11. The largest absolute Gasteiger partial charge is 0.485 e. The Morgan fingerprint density at radius 1 is 1.15 bits per heavy atom. The van der Waals surface area contributed by atoms with E-state index in [1.54, 1.807) is 12.3 Å². The van der Waals surface area contributed by atoms with Gasteiger partial charge in [0.1, 0.15) is 12.4 Å². The van der Waals surface area contributed by atoms with E-state index < -0.39 is 0 Å². The van der Waals surface area contributed by atoms with E-state index in [9.17, 15) is 0 Å². The number of thioether (sulfide) groups is 1. The highest BCUT2D eigenvalue weighted by Crippen LogP contribution is 2.24. The van der Waals surface area contributed by atoms with Crippen molar-refractivity contribution in [2.45, 2.75) is 24.4 Å². The Kier molecular flexibility index (Phi) is 4.74. The van der Waals surface area contributed by atoms with Gasteiger partial charge in [0.15, 0.2) is 11.6 Å². The second kappa shape index (κ2) is 7.49. The summed E-state index contributed by atoms with van der Waals surface area (Å²) in [7, 11) is 0. The van der Waals surface area contributed by atoms with Crippen LogP contribution in [0.15, 0.2) is 62.8 Å². The van der Waals surface area contributed by atoms with Crippen LogP contribution in [0.1, 0.15) is 17.1 Å². The summed E-state index contributed by atoms with van der Waals surface area (Å²) in [5, 5.41) is 11.8. The van der Waals surface area contributed by atoms with Crippen molar-refractivity contribution in [2.75, 3.05) is 0 Å². The third-order valence-electron chi connectivity index (χ3n) is 3.64. The second-order valence-corrected chi connectivity index (χ2v) is 6.51. The fourth-order valence-corrected chi connectivity index (χ4v) is 3.02. The number of aryl methyl sites for hydroxylation is 1.